The minimum absolute atomic E-state index is 0.350. The van der Waals surface area contributed by atoms with Gasteiger partial charge in [0.15, 0.2) is 11.6 Å². The van der Waals surface area contributed by atoms with Gasteiger partial charge in [0.2, 0.25) is 0 Å². The molecule has 1 atom stereocenters. The lowest BCUT2D eigenvalue weighted by Crippen LogP contribution is -2.54. The largest absolute Gasteiger partial charge is 0.479 e. The number of carbonyl (C=O) groups is 2. The minimum atomic E-state index is -1.18. The zero-order chi connectivity index (χ0) is 17.5. The molecule has 1 unspecified atom stereocenters. The molecule has 1 heterocycles. The van der Waals surface area contributed by atoms with Crippen molar-refractivity contribution >= 4 is 29.2 Å². The third kappa shape index (κ3) is 2.71. The zero-order valence-corrected chi connectivity index (χ0v) is 13.9. The number of carbonyl (C=O) groups excluding carboxylic acids is 1. The van der Waals surface area contributed by atoms with Crippen molar-refractivity contribution < 1.29 is 19.4 Å². The highest BCUT2D eigenvalue weighted by Crippen LogP contribution is 2.43. The molecule has 2 aromatic carbocycles. The van der Waals surface area contributed by atoms with Crippen LogP contribution in [0.1, 0.15) is 25.5 Å². The zero-order valence-electron chi connectivity index (χ0n) is 13.2. The predicted octanol–water partition coefficient (Wildman–Crippen LogP) is 3.67. The molecule has 1 N–H and O–H groups in total. The van der Waals surface area contributed by atoms with Crippen LogP contribution < -0.4 is 9.64 Å². The number of benzene rings is 2. The SMILES string of the molecule is CC1(C)Oc2ccc(Cl)cc2N(C(C(=O)O)c2ccccc2)C1=O. The molecule has 6 heteroatoms. The minimum Gasteiger partial charge on any atom is -0.479 e. The van der Waals surface area contributed by atoms with Crippen molar-refractivity contribution in [1.82, 2.24) is 0 Å². The van der Waals surface area contributed by atoms with Crippen molar-refractivity contribution in [2.45, 2.75) is 25.5 Å². The third-order valence-electron chi connectivity index (χ3n) is 3.89. The van der Waals surface area contributed by atoms with Crippen LogP contribution in [0, 0.1) is 0 Å². The Kier molecular flexibility index (Phi) is 3.97. The molecule has 1 aliphatic heterocycles. The maximum absolute atomic E-state index is 12.9. The second-order valence-corrected chi connectivity index (χ2v) is 6.49. The number of amides is 1. The lowest BCUT2D eigenvalue weighted by atomic mass is 9.98. The number of hydrogen-bond donors (Lipinski definition) is 1. The summed E-state index contributed by atoms with van der Waals surface area (Å²) in [4.78, 5) is 26.2. The summed E-state index contributed by atoms with van der Waals surface area (Å²) in [5.41, 5.74) is -0.325. The summed E-state index contributed by atoms with van der Waals surface area (Å²) in [5.74, 6) is -1.14. The molecule has 0 fully saturated rings. The van der Waals surface area contributed by atoms with Gasteiger partial charge in [-0.05, 0) is 37.6 Å². The van der Waals surface area contributed by atoms with Crippen molar-refractivity contribution in [3.63, 3.8) is 0 Å². The number of carboxylic acid groups (broad SMARTS) is 1. The normalized spacial score (nSPS) is 17.0. The Morgan fingerprint density at radius 1 is 1.21 bits per heavy atom. The molecule has 0 saturated carbocycles. The molecule has 2 aromatic rings. The van der Waals surface area contributed by atoms with Gasteiger partial charge in [-0.2, -0.15) is 0 Å². The first-order valence-corrected chi connectivity index (χ1v) is 7.79. The smallest absolute Gasteiger partial charge is 0.331 e. The molecule has 1 amide bonds. The monoisotopic (exact) mass is 345 g/mol. The Hall–Kier alpha value is -2.53. The molecule has 124 valence electrons. The molecular weight excluding hydrogens is 330 g/mol. The summed E-state index contributed by atoms with van der Waals surface area (Å²) < 4.78 is 5.74. The van der Waals surface area contributed by atoms with Gasteiger partial charge in [0.25, 0.3) is 5.91 Å². The van der Waals surface area contributed by atoms with Gasteiger partial charge in [-0.3, -0.25) is 9.69 Å². The first-order chi connectivity index (χ1) is 11.3. The number of ether oxygens (including phenoxy) is 1. The molecule has 0 bridgehead atoms. The molecule has 0 aromatic heterocycles. The van der Waals surface area contributed by atoms with E-state index in [4.69, 9.17) is 16.3 Å². The van der Waals surface area contributed by atoms with Crippen LogP contribution in [0.25, 0.3) is 0 Å². The van der Waals surface area contributed by atoms with E-state index in [1.165, 1.54) is 4.90 Å². The van der Waals surface area contributed by atoms with Crippen molar-refractivity contribution in [3.8, 4) is 5.75 Å². The number of nitrogens with zero attached hydrogens (tertiary/aromatic N) is 1. The van der Waals surface area contributed by atoms with E-state index in [9.17, 15) is 14.7 Å². The van der Waals surface area contributed by atoms with Gasteiger partial charge in [-0.1, -0.05) is 41.9 Å². The van der Waals surface area contributed by atoms with Crippen LogP contribution in [0.3, 0.4) is 0 Å². The Bertz CT molecular complexity index is 804. The van der Waals surface area contributed by atoms with Gasteiger partial charge >= 0.3 is 5.97 Å². The molecule has 1 aliphatic rings. The fraction of sp³-hybridized carbons (Fsp3) is 0.222. The maximum atomic E-state index is 12.9. The van der Waals surface area contributed by atoms with Gasteiger partial charge in [0.05, 0.1) is 5.69 Å². The van der Waals surface area contributed by atoms with Gasteiger partial charge in [0.1, 0.15) is 5.75 Å². The average Bonchev–Trinajstić information content (AvgIpc) is 2.53. The molecule has 0 spiro atoms. The Morgan fingerprint density at radius 2 is 1.88 bits per heavy atom. The van der Waals surface area contributed by atoms with Gasteiger partial charge in [-0.15, -0.1) is 0 Å². The number of hydrogen-bond acceptors (Lipinski definition) is 3. The second-order valence-electron chi connectivity index (χ2n) is 6.05. The van der Waals surface area contributed by atoms with Crippen LogP contribution in [0.5, 0.6) is 5.75 Å². The van der Waals surface area contributed by atoms with Crippen LogP contribution in [-0.2, 0) is 9.59 Å². The van der Waals surface area contributed by atoms with E-state index >= 15 is 0 Å². The highest BCUT2D eigenvalue weighted by Gasteiger charge is 2.46. The van der Waals surface area contributed by atoms with E-state index in [-0.39, 0.29) is 0 Å². The van der Waals surface area contributed by atoms with Crippen LogP contribution >= 0.6 is 11.6 Å². The molecule has 0 aliphatic carbocycles. The van der Waals surface area contributed by atoms with Crippen LogP contribution in [0.2, 0.25) is 5.02 Å². The number of anilines is 1. The summed E-state index contributed by atoms with van der Waals surface area (Å²) >= 11 is 6.05. The topological polar surface area (TPSA) is 66.8 Å². The quantitative estimate of drug-likeness (QED) is 0.921. The highest BCUT2D eigenvalue weighted by atomic mass is 35.5. The van der Waals surface area contributed by atoms with E-state index in [1.807, 2.05) is 0 Å². The van der Waals surface area contributed by atoms with E-state index in [0.29, 0.717) is 22.0 Å². The first-order valence-electron chi connectivity index (χ1n) is 7.41. The van der Waals surface area contributed by atoms with Crippen molar-refractivity contribution in [1.29, 1.82) is 0 Å². The lowest BCUT2D eigenvalue weighted by Gasteiger charge is -2.41. The third-order valence-corrected chi connectivity index (χ3v) is 4.12. The number of aliphatic carboxylic acids is 1. The predicted molar refractivity (Wildman–Crippen MR) is 90.5 cm³/mol. The van der Waals surface area contributed by atoms with Crippen LogP contribution in [-0.4, -0.2) is 22.6 Å². The van der Waals surface area contributed by atoms with E-state index in [0.717, 1.165) is 0 Å². The number of halogens is 1. The van der Waals surface area contributed by atoms with Crippen molar-refractivity contribution in [2.24, 2.45) is 0 Å². The van der Waals surface area contributed by atoms with Crippen LogP contribution in [0.4, 0.5) is 5.69 Å². The van der Waals surface area contributed by atoms with E-state index in [2.05, 4.69) is 0 Å². The lowest BCUT2D eigenvalue weighted by molar-refractivity contribution is -0.143. The van der Waals surface area contributed by atoms with Crippen LogP contribution in [0.15, 0.2) is 48.5 Å². The highest BCUT2D eigenvalue weighted by molar-refractivity contribution is 6.31. The number of rotatable bonds is 3. The molecule has 24 heavy (non-hydrogen) atoms. The van der Waals surface area contributed by atoms with Gasteiger partial charge < -0.3 is 9.84 Å². The Morgan fingerprint density at radius 3 is 2.50 bits per heavy atom. The molecule has 0 saturated heterocycles. The number of fused-ring (bicyclic) bond motifs is 1. The van der Waals surface area contributed by atoms with E-state index < -0.39 is 23.5 Å². The fourth-order valence-electron chi connectivity index (χ4n) is 2.78. The second kappa shape index (κ2) is 5.83. The summed E-state index contributed by atoms with van der Waals surface area (Å²) in [6, 6.07) is 12.3. The molecular formula is C18H16ClNO4. The summed E-state index contributed by atoms with van der Waals surface area (Å²) in [7, 11) is 0. The number of carboxylic acids is 1. The van der Waals surface area contributed by atoms with Gasteiger partial charge in [0, 0.05) is 5.02 Å². The Labute approximate surface area is 144 Å². The van der Waals surface area contributed by atoms with Crippen molar-refractivity contribution in [2.75, 3.05) is 4.90 Å². The van der Waals surface area contributed by atoms with Gasteiger partial charge in [-0.25, -0.2) is 4.79 Å². The summed E-state index contributed by atoms with van der Waals surface area (Å²) in [6.07, 6.45) is 0. The molecule has 5 nitrogen and oxygen atoms in total. The van der Waals surface area contributed by atoms with Crippen molar-refractivity contribution in [3.05, 3.63) is 59.1 Å². The standard InChI is InChI=1S/C18H16ClNO4/c1-18(2)17(23)20(13-10-12(19)8-9-14(13)24-18)15(16(21)22)11-6-4-3-5-7-11/h3-10,15H,1-2H3,(H,21,22). The summed E-state index contributed by atoms with van der Waals surface area (Å²) in [6.45, 7) is 3.23. The summed E-state index contributed by atoms with van der Waals surface area (Å²) in [5, 5.41) is 10.2. The average molecular weight is 346 g/mol. The Balaban J connectivity index is 2.21. The molecule has 3 rings (SSSR count). The molecule has 0 radical (unpaired) electrons. The first kappa shape index (κ1) is 16.3. The van der Waals surface area contributed by atoms with E-state index in [1.54, 1.807) is 62.4 Å². The maximum Gasteiger partial charge on any atom is 0.331 e. The fourth-order valence-corrected chi connectivity index (χ4v) is 2.94.